The number of ether oxygens (including phenoxy) is 3. The van der Waals surface area contributed by atoms with Crippen LogP contribution in [0.2, 0.25) is 0 Å². The summed E-state index contributed by atoms with van der Waals surface area (Å²) in [4.78, 5) is 26.9. The number of benzene rings is 1. The highest BCUT2D eigenvalue weighted by molar-refractivity contribution is 7.14. The highest BCUT2D eigenvalue weighted by atomic mass is 32.1. The second kappa shape index (κ2) is 7.18. The van der Waals surface area contributed by atoms with Crippen molar-refractivity contribution in [2.75, 3.05) is 25.3 Å². The van der Waals surface area contributed by atoms with Gasteiger partial charge in [0.1, 0.15) is 18.1 Å². The maximum atomic E-state index is 11.9. The molecule has 1 aromatic carbocycles. The second-order valence-electron chi connectivity index (χ2n) is 4.84. The first-order valence-electron chi connectivity index (χ1n) is 7.15. The molecule has 0 atom stereocenters. The van der Waals surface area contributed by atoms with E-state index in [0.717, 1.165) is 0 Å². The lowest BCUT2D eigenvalue weighted by atomic mass is 10.3. The monoisotopic (exact) mass is 349 g/mol. The van der Waals surface area contributed by atoms with Gasteiger partial charge in [0, 0.05) is 18.4 Å². The lowest BCUT2D eigenvalue weighted by Crippen LogP contribution is -2.28. The molecule has 0 saturated heterocycles. The lowest BCUT2D eigenvalue weighted by molar-refractivity contribution is -0.114. The summed E-state index contributed by atoms with van der Waals surface area (Å²) in [5, 5.41) is 7.21. The van der Waals surface area contributed by atoms with Crippen molar-refractivity contribution in [1.82, 2.24) is 10.3 Å². The van der Waals surface area contributed by atoms with Crippen molar-refractivity contribution in [3.63, 3.8) is 0 Å². The minimum Gasteiger partial charge on any atom is -0.492 e. The smallest absolute Gasteiger partial charge is 0.270 e. The van der Waals surface area contributed by atoms with E-state index >= 15 is 0 Å². The van der Waals surface area contributed by atoms with E-state index in [9.17, 15) is 9.59 Å². The number of fused-ring (bicyclic) bond motifs is 1. The summed E-state index contributed by atoms with van der Waals surface area (Å²) >= 11 is 1.19. The van der Waals surface area contributed by atoms with E-state index < -0.39 is 0 Å². The van der Waals surface area contributed by atoms with E-state index in [-0.39, 0.29) is 24.3 Å². The van der Waals surface area contributed by atoms with Crippen LogP contribution in [0.15, 0.2) is 23.6 Å². The molecule has 0 aliphatic carbocycles. The average molecular weight is 349 g/mol. The topological polar surface area (TPSA) is 98.8 Å². The zero-order chi connectivity index (χ0) is 16.9. The number of carbonyl (C=O) groups is 2. The van der Waals surface area contributed by atoms with Gasteiger partial charge >= 0.3 is 0 Å². The molecule has 1 aliphatic rings. The fraction of sp³-hybridized carbons (Fsp3) is 0.267. The molecule has 126 valence electrons. The Balaban J connectivity index is 1.43. The Hall–Kier alpha value is -2.81. The maximum absolute atomic E-state index is 11.9. The normalized spacial score (nSPS) is 11.9. The first kappa shape index (κ1) is 16.1. The molecule has 2 amide bonds. The van der Waals surface area contributed by atoms with Crippen molar-refractivity contribution in [2.24, 2.45) is 0 Å². The largest absolute Gasteiger partial charge is 0.492 e. The van der Waals surface area contributed by atoms with Crippen molar-refractivity contribution in [3.8, 4) is 17.2 Å². The van der Waals surface area contributed by atoms with Gasteiger partial charge in [0.05, 0.1) is 6.54 Å². The van der Waals surface area contributed by atoms with Crippen molar-refractivity contribution >= 4 is 28.3 Å². The standard InChI is InChI=1S/C15H15N3O5S/c1-9(19)17-15-18-11(7-24-15)14(20)16-4-5-21-10-2-3-12-13(6-10)23-8-22-12/h2-3,6-7H,4-5,8H2,1H3,(H,16,20)(H,17,18,19). The number of nitrogens with one attached hydrogen (secondary N) is 2. The number of thiazole rings is 1. The van der Waals surface area contributed by atoms with Crippen molar-refractivity contribution < 1.29 is 23.8 Å². The number of anilines is 1. The number of hydrogen-bond donors (Lipinski definition) is 2. The van der Waals surface area contributed by atoms with Gasteiger partial charge in [-0.3, -0.25) is 9.59 Å². The zero-order valence-electron chi connectivity index (χ0n) is 12.8. The quantitative estimate of drug-likeness (QED) is 0.769. The Labute approximate surface area is 141 Å². The molecule has 2 N–H and O–H groups in total. The summed E-state index contributed by atoms with van der Waals surface area (Å²) in [5.41, 5.74) is 0.256. The number of carbonyl (C=O) groups excluding carboxylic acids is 2. The van der Waals surface area contributed by atoms with Gasteiger partial charge in [-0.1, -0.05) is 0 Å². The van der Waals surface area contributed by atoms with Crippen LogP contribution in [0.4, 0.5) is 5.13 Å². The second-order valence-corrected chi connectivity index (χ2v) is 5.70. The number of rotatable bonds is 6. The van der Waals surface area contributed by atoms with Gasteiger partial charge in [0.2, 0.25) is 12.7 Å². The van der Waals surface area contributed by atoms with Crippen LogP contribution in [-0.4, -0.2) is 36.7 Å². The Morgan fingerprint density at radius 3 is 3.00 bits per heavy atom. The minimum absolute atomic E-state index is 0.211. The van der Waals surface area contributed by atoms with E-state index in [1.54, 1.807) is 23.6 Å². The predicted octanol–water partition coefficient (Wildman–Crippen LogP) is 1.64. The van der Waals surface area contributed by atoms with Crippen LogP contribution < -0.4 is 24.8 Å². The molecule has 1 aliphatic heterocycles. The molecule has 0 saturated carbocycles. The molecule has 3 rings (SSSR count). The molecule has 1 aromatic heterocycles. The van der Waals surface area contributed by atoms with Crippen LogP contribution in [0.3, 0.4) is 0 Å². The summed E-state index contributed by atoms with van der Waals surface area (Å²) in [7, 11) is 0. The predicted molar refractivity (Wildman–Crippen MR) is 86.8 cm³/mol. The molecular formula is C15H15N3O5S. The molecule has 24 heavy (non-hydrogen) atoms. The summed E-state index contributed by atoms with van der Waals surface area (Å²) in [5.74, 6) is 1.42. The fourth-order valence-corrected chi connectivity index (χ4v) is 2.71. The van der Waals surface area contributed by atoms with E-state index in [4.69, 9.17) is 14.2 Å². The van der Waals surface area contributed by atoms with Crippen LogP contribution in [-0.2, 0) is 4.79 Å². The molecule has 8 nitrogen and oxygen atoms in total. The Bertz CT molecular complexity index is 761. The molecular weight excluding hydrogens is 334 g/mol. The number of hydrogen-bond acceptors (Lipinski definition) is 7. The van der Waals surface area contributed by atoms with Gasteiger partial charge in [-0.05, 0) is 12.1 Å². The highest BCUT2D eigenvalue weighted by Crippen LogP contribution is 2.34. The van der Waals surface area contributed by atoms with Crippen LogP contribution in [0.1, 0.15) is 17.4 Å². The summed E-state index contributed by atoms with van der Waals surface area (Å²) in [6, 6.07) is 5.29. The van der Waals surface area contributed by atoms with Gasteiger partial charge < -0.3 is 24.8 Å². The van der Waals surface area contributed by atoms with Crippen molar-refractivity contribution in [3.05, 3.63) is 29.3 Å². The van der Waals surface area contributed by atoms with E-state index in [2.05, 4.69) is 15.6 Å². The third kappa shape index (κ3) is 3.93. The Morgan fingerprint density at radius 2 is 2.17 bits per heavy atom. The number of aromatic nitrogens is 1. The van der Waals surface area contributed by atoms with Crippen molar-refractivity contribution in [2.45, 2.75) is 6.92 Å². The van der Waals surface area contributed by atoms with Crippen LogP contribution >= 0.6 is 11.3 Å². The molecule has 0 radical (unpaired) electrons. The molecule has 0 bridgehead atoms. The third-order valence-electron chi connectivity index (χ3n) is 3.02. The first-order chi connectivity index (χ1) is 11.6. The van der Waals surface area contributed by atoms with E-state index in [1.807, 2.05) is 0 Å². The summed E-state index contributed by atoms with van der Waals surface area (Å²) in [6.45, 7) is 2.21. The SMILES string of the molecule is CC(=O)Nc1nc(C(=O)NCCOc2ccc3c(c2)OCO3)cs1. The molecule has 0 fully saturated rings. The Kier molecular flexibility index (Phi) is 4.80. The van der Waals surface area contributed by atoms with E-state index in [0.29, 0.717) is 35.5 Å². The first-order valence-corrected chi connectivity index (χ1v) is 8.03. The highest BCUT2D eigenvalue weighted by Gasteiger charge is 2.14. The lowest BCUT2D eigenvalue weighted by Gasteiger charge is -2.07. The maximum Gasteiger partial charge on any atom is 0.270 e. The van der Waals surface area contributed by atoms with Crippen LogP contribution in [0.25, 0.3) is 0 Å². The van der Waals surface area contributed by atoms with Crippen LogP contribution in [0.5, 0.6) is 17.2 Å². The van der Waals surface area contributed by atoms with Gasteiger partial charge in [-0.25, -0.2) is 4.98 Å². The Morgan fingerprint density at radius 1 is 1.33 bits per heavy atom. The molecule has 2 heterocycles. The number of nitrogens with zero attached hydrogens (tertiary/aromatic N) is 1. The van der Waals surface area contributed by atoms with Gasteiger partial charge in [0.25, 0.3) is 5.91 Å². The van der Waals surface area contributed by atoms with Gasteiger partial charge in [-0.15, -0.1) is 11.3 Å². The molecule has 9 heteroatoms. The zero-order valence-corrected chi connectivity index (χ0v) is 13.6. The van der Waals surface area contributed by atoms with Crippen LogP contribution in [0, 0.1) is 0 Å². The number of amides is 2. The fourth-order valence-electron chi connectivity index (χ4n) is 1.98. The van der Waals surface area contributed by atoms with Crippen molar-refractivity contribution in [1.29, 1.82) is 0 Å². The van der Waals surface area contributed by atoms with Gasteiger partial charge in [0.15, 0.2) is 16.6 Å². The minimum atomic E-state index is -0.322. The molecule has 2 aromatic rings. The summed E-state index contributed by atoms with van der Waals surface area (Å²) < 4.78 is 16.0. The van der Waals surface area contributed by atoms with Gasteiger partial charge in [-0.2, -0.15) is 0 Å². The summed E-state index contributed by atoms with van der Waals surface area (Å²) in [6.07, 6.45) is 0. The van der Waals surface area contributed by atoms with E-state index in [1.165, 1.54) is 18.3 Å². The molecule has 0 spiro atoms. The molecule has 0 unspecified atom stereocenters. The third-order valence-corrected chi connectivity index (χ3v) is 3.78. The average Bonchev–Trinajstić information content (AvgIpc) is 3.19.